The number of benzene rings is 2. The highest BCUT2D eigenvalue weighted by molar-refractivity contribution is 7.99. The lowest BCUT2D eigenvalue weighted by molar-refractivity contribution is -0.136. The summed E-state index contributed by atoms with van der Waals surface area (Å²) in [6.45, 7) is 4.10. The average Bonchev–Trinajstić information content (AvgIpc) is 3.55. The van der Waals surface area contributed by atoms with E-state index in [0.717, 1.165) is 68.5 Å². The van der Waals surface area contributed by atoms with Crippen LogP contribution in [0.4, 0.5) is 0 Å². The third-order valence-electron chi connectivity index (χ3n) is 12.2. The number of amides is 7. The molecule has 14 nitrogen and oxygen atoms in total. The maximum absolute atomic E-state index is 13.3. The Morgan fingerprint density at radius 1 is 0.855 bits per heavy atom. The molecule has 2 N–H and O–H groups in total. The fraction of sp³-hybridized carbons (Fsp3) is 0.447. The van der Waals surface area contributed by atoms with Gasteiger partial charge in [0.15, 0.2) is 0 Å². The van der Waals surface area contributed by atoms with Gasteiger partial charge in [-0.3, -0.25) is 48.8 Å². The van der Waals surface area contributed by atoms with Gasteiger partial charge in [0.1, 0.15) is 6.04 Å². The summed E-state index contributed by atoms with van der Waals surface area (Å²) in [5, 5.41) is 5.16. The fourth-order valence-electron chi connectivity index (χ4n) is 8.68. The van der Waals surface area contributed by atoms with Gasteiger partial charge in [0.2, 0.25) is 23.6 Å². The molecule has 15 heteroatoms. The predicted octanol–water partition coefficient (Wildman–Crippen LogP) is 5.24. The number of thioether (sulfide) groups is 1. The summed E-state index contributed by atoms with van der Waals surface area (Å²) in [7, 11) is 0. The van der Waals surface area contributed by atoms with E-state index in [1.807, 2.05) is 34.1 Å². The second-order valence-corrected chi connectivity index (χ2v) is 17.4. The van der Waals surface area contributed by atoms with E-state index in [4.69, 9.17) is 4.74 Å². The second-order valence-electron chi connectivity index (χ2n) is 16.3. The van der Waals surface area contributed by atoms with Gasteiger partial charge in [0.05, 0.1) is 30.8 Å². The molecule has 3 fully saturated rings. The number of hydrogen-bond donors (Lipinski definition) is 2. The standard InChI is InChI=1S/C47H54N6O8S/c54-40(15-9-33-6-4-22-48-31-33)49-23-2-1-5-32-17-24-52(25-18-32)45(58)36-12-10-34(11-13-36)35-19-26-51(27-20-35)42(56)21-28-61-29-30-62-39-8-3-7-37-43(39)47(60)53(46(37)59)38-14-16-41(55)50-44(38)57/h3-4,6-13,15,22,31-32,35,38H,1-2,5,14,16-21,23-30H2,(H,49,54)(H,50,55,57)/b15-9+. The van der Waals surface area contributed by atoms with Gasteiger partial charge in [-0.2, -0.15) is 0 Å². The first-order valence-corrected chi connectivity index (χ1v) is 22.7. The van der Waals surface area contributed by atoms with Crippen LogP contribution < -0.4 is 10.6 Å². The van der Waals surface area contributed by atoms with E-state index >= 15 is 0 Å². The number of carbonyl (C=O) groups is 7. The number of unbranched alkanes of at least 4 members (excludes halogenated alkanes) is 1. The van der Waals surface area contributed by atoms with Crippen molar-refractivity contribution in [1.29, 1.82) is 0 Å². The molecule has 0 radical (unpaired) electrons. The van der Waals surface area contributed by atoms with Crippen molar-refractivity contribution < 1.29 is 38.3 Å². The van der Waals surface area contributed by atoms with Crippen molar-refractivity contribution in [2.45, 2.75) is 81.1 Å². The summed E-state index contributed by atoms with van der Waals surface area (Å²) in [5.41, 5.74) is 3.29. The van der Waals surface area contributed by atoms with Crippen LogP contribution in [-0.2, 0) is 23.9 Å². The van der Waals surface area contributed by atoms with Crippen LogP contribution in [0.25, 0.3) is 6.08 Å². The monoisotopic (exact) mass is 862 g/mol. The Balaban J connectivity index is 0.747. The van der Waals surface area contributed by atoms with Gasteiger partial charge in [-0.15, -0.1) is 11.8 Å². The van der Waals surface area contributed by atoms with Gasteiger partial charge in [-0.1, -0.05) is 37.1 Å². The lowest BCUT2D eigenvalue weighted by atomic mass is 9.88. The quantitative estimate of drug-likeness (QED) is 0.0791. The summed E-state index contributed by atoms with van der Waals surface area (Å²) >= 11 is 1.37. The Morgan fingerprint density at radius 2 is 1.63 bits per heavy atom. The molecule has 1 atom stereocenters. The fourth-order valence-corrected chi connectivity index (χ4v) is 9.61. The number of piperidine rings is 3. The number of ether oxygens (including phenoxy) is 1. The number of nitrogens with zero attached hydrogens (tertiary/aromatic N) is 4. The van der Waals surface area contributed by atoms with E-state index < -0.39 is 29.7 Å². The van der Waals surface area contributed by atoms with Crippen molar-refractivity contribution in [2.24, 2.45) is 5.92 Å². The molecule has 62 heavy (non-hydrogen) atoms. The molecule has 5 heterocycles. The molecule has 0 aliphatic carbocycles. The van der Waals surface area contributed by atoms with Crippen LogP contribution in [-0.4, -0.2) is 119 Å². The summed E-state index contributed by atoms with van der Waals surface area (Å²) in [5.74, 6) is -0.704. The van der Waals surface area contributed by atoms with Crippen LogP contribution in [0.15, 0.2) is 78.0 Å². The van der Waals surface area contributed by atoms with Gasteiger partial charge < -0.3 is 19.9 Å². The maximum atomic E-state index is 13.3. The highest BCUT2D eigenvalue weighted by atomic mass is 32.2. The Labute approximate surface area is 366 Å². The van der Waals surface area contributed by atoms with Crippen LogP contribution >= 0.6 is 11.8 Å². The Kier molecular flexibility index (Phi) is 15.3. The molecular formula is C47H54N6O8S. The molecule has 0 bridgehead atoms. The average molecular weight is 863 g/mol. The minimum absolute atomic E-state index is 0.0499. The van der Waals surface area contributed by atoms with E-state index in [9.17, 15) is 33.6 Å². The first-order valence-electron chi connectivity index (χ1n) is 21.7. The topological polar surface area (TPSA) is 175 Å². The number of imide groups is 2. The van der Waals surface area contributed by atoms with Crippen molar-refractivity contribution >= 4 is 59.2 Å². The third kappa shape index (κ3) is 11.2. The van der Waals surface area contributed by atoms with Crippen molar-refractivity contribution in [3.63, 3.8) is 0 Å². The van der Waals surface area contributed by atoms with Crippen molar-refractivity contribution in [3.8, 4) is 0 Å². The molecule has 3 aromatic rings. The van der Waals surface area contributed by atoms with Gasteiger partial charge in [0.25, 0.3) is 17.7 Å². The van der Waals surface area contributed by atoms with Gasteiger partial charge in [-0.05, 0) is 97.9 Å². The minimum atomic E-state index is -1.02. The zero-order valence-corrected chi connectivity index (χ0v) is 35.7. The molecule has 7 amide bonds. The van der Waals surface area contributed by atoms with Crippen LogP contribution in [0.5, 0.6) is 0 Å². The molecule has 0 spiro atoms. The number of carbonyl (C=O) groups excluding carboxylic acids is 7. The van der Waals surface area contributed by atoms with Crippen LogP contribution in [0.1, 0.15) is 112 Å². The van der Waals surface area contributed by atoms with Crippen LogP contribution in [0.2, 0.25) is 0 Å². The molecule has 3 saturated heterocycles. The third-order valence-corrected chi connectivity index (χ3v) is 13.2. The van der Waals surface area contributed by atoms with Crippen molar-refractivity contribution in [2.75, 3.05) is 51.7 Å². The van der Waals surface area contributed by atoms with E-state index in [1.54, 1.807) is 36.7 Å². The normalized spacial score (nSPS) is 18.6. The number of likely N-dealkylation sites (tertiary alicyclic amines) is 2. The minimum Gasteiger partial charge on any atom is -0.380 e. The number of hydrogen-bond acceptors (Lipinski definition) is 10. The Hall–Kier alpha value is -5.67. The molecule has 2 aromatic carbocycles. The highest BCUT2D eigenvalue weighted by Gasteiger charge is 2.45. The SMILES string of the molecule is O=C(/C=C/c1cccnc1)NCCCCC1CCN(C(=O)c2ccc(C3CCN(C(=O)CCOCCSc4cccc5c4C(=O)N(C4CCC(=O)NC4=O)C5=O)CC3)cc2)CC1. The number of rotatable bonds is 17. The molecule has 326 valence electrons. The highest BCUT2D eigenvalue weighted by Crippen LogP contribution is 2.35. The first-order chi connectivity index (χ1) is 30.2. The molecule has 7 rings (SSSR count). The number of pyridine rings is 1. The summed E-state index contributed by atoms with van der Waals surface area (Å²) in [4.78, 5) is 98.3. The lowest BCUT2D eigenvalue weighted by Crippen LogP contribution is -2.54. The smallest absolute Gasteiger partial charge is 0.263 e. The summed E-state index contributed by atoms with van der Waals surface area (Å²) in [6.07, 6.45) is 13.9. The van der Waals surface area contributed by atoms with Crippen molar-refractivity contribution in [1.82, 2.24) is 30.3 Å². The Bertz CT molecular complexity index is 2150. The molecule has 4 aliphatic heterocycles. The number of fused-ring (bicyclic) bond motifs is 1. The van der Waals surface area contributed by atoms with Crippen molar-refractivity contribution in [3.05, 3.63) is 101 Å². The second kappa shape index (κ2) is 21.4. The van der Waals surface area contributed by atoms with Crippen LogP contribution in [0, 0.1) is 5.92 Å². The predicted molar refractivity (Wildman–Crippen MR) is 233 cm³/mol. The molecule has 1 aromatic heterocycles. The summed E-state index contributed by atoms with van der Waals surface area (Å²) in [6, 6.07) is 15.8. The number of aromatic nitrogens is 1. The number of nitrogens with one attached hydrogen (secondary N) is 2. The zero-order valence-electron chi connectivity index (χ0n) is 34.9. The Morgan fingerprint density at radius 3 is 2.37 bits per heavy atom. The van der Waals surface area contributed by atoms with E-state index in [-0.39, 0.29) is 54.7 Å². The summed E-state index contributed by atoms with van der Waals surface area (Å²) < 4.78 is 5.78. The largest absolute Gasteiger partial charge is 0.380 e. The first kappa shape index (κ1) is 44.4. The molecule has 1 unspecified atom stereocenters. The lowest BCUT2D eigenvalue weighted by Gasteiger charge is -2.33. The van der Waals surface area contributed by atoms with E-state index in [0.29, 0.717) is 54.3 Å². The van der Waals surface area contributed by atoms with E-state index in [1.165, 1.54) is 23.4 Å². The molecular weight excluding hydrogens is 809 g/mol. The molecule has 0 saturated carbocycles. The zero-order chi connectivity index (χ0) is 43.4. The van der Waals surface area contributed by atoms with Gasteiger partial charge in [0, 0.05) is 73.8 Å². The van der Waals surface area contributed by atoms with Gasteiger partial charge >= 0.3 is 0 Å². The maximum Gasteiger partial charge on any atom is 0.263 e. The van der Waals surface area contributed by atoms with Gasteiger partial charge in [-0.25, -0.2) is 0 Å². The van der Waals surface area contributed by atoms with E-state index in [2.05, 4.69) is 27.8 Å². The molecule has 4 aliphatic rings. The van der Waals surface area contributed by atoms with Crippen LogP contribution in [0.3, 0.4) is 0 Å².